The van der Waals surface area contributed by atoms with Crippen LogP contribution in [0.25, 0.3) is 10.2 Å². The van der Waals surface area contributed by atoms with Crippen molar-refractivity contribution in [1.29, 1.82) is 0 Å². The van der Waals surface area contributed by atoms with E-state index in [-0.39, 0.29) is 29.4 Å². The normalized spacial score (nSPS) is 28.0. The molecule has 2 aromatic heterocycles. The number of nitrogens with two attached hydrogens (primary N) is 2. The van der Waals surface area contributed by atoms with Crippen molar-refractivity contribution in [2.24, 2.45) is 11.5 Å². The molecule has 4 N–H and O–H groups in total. The molecule has 8 nitrogen and oxygen atoms in total. The van der Waals surface area contributed by atoms with Crippen molar-refractivity contribution in [3.05, 3.63) is 22.7 Å². The second kappa shape index (κ2) is 9.19. The highest BCUT2D eigenvalue weighted by molar-refractivity contribution is 7.19. The van der Waals surface area contributed by atoms with Crippen molar-refractivity contribution < 1.29 is 19.1 Å². The summed E-state index contributed by atoms with van der Waals surface area (Å²) in [6.45, 7) is 3.08. The van der Waals surface area contributed by atoms with E-state index in [9.17, 15) is 9.59 Å². The zero-order valence-corrected chi connectivity index (χ0v) is 19.7. The van der Waals surface area contributed by atoms with E-state index in [0.29, 0.717) is 26.1 Å². The largest absolute Gasteiger partial charge is 0.490 e. The number of aromatic nitrogens is 1. The molecule has 0 aromatic carbocycles. The van der Waals surface area contributed by atoms with Gasteiger partial charge in [0.05, 0.1) is 24.7 Å². The Kier molecular flexibility index (Phi) is 6.28. The fourth-order valence-corrected chi connectivity index (χ4v) is 7.33. The van der Waals surface area contributed by atoms with Crippen LogP contribution in [0, 0.1) is 0 Å². The molecule has 5 rings (SSSR count). The molecule has 9 heteroatoms. The van der Waals surface area contributed by atoms with Crippen LogP contribution < -0.4 is 16.2 Å². The Balaban J connectivity index is 1.35. The molecule has 3 aliphatic rings. The molecule has 1 atom stereocenters. The molecule has 2 amide bonds. The molecule has 2 aliphatic carbocycles. The highest BCUT2D eigenvalue weighted by Crippen LogP contribution is 2.48. The van der Waals surface area contributed by atoms with Gasteiger partial charge in [0.25, 0.3) is 0 Å². The second-order valence-corrected chi connectivity index (χ2v) is 10.7. The molecule has 3 heterocycles. The fourth-order valence-electron chi connectivity index (χ4n) is 6.07. The van der Waals surface area contributed by atoms with Crippen molar-refractivity contribution in [2.45, 2.75) is 68.9 Å². The van der Waals surface area contributed by atoms with Gasteiger partial charge in [-0.05, 0) is 56.1 Å². The Morgan fingerprint density at radius 2 is 1.94 bits per heavy atom. The van der Waals surface area contributed by atoms with Crippen molar-refractivity contribution in [3.8, 4) is 5.75 Å². The van der Waals surface area contributed by atoms with Crippen molar-refractivity contribution in [3.63, 3.8) is 0 Å². The predicted molar refractivity (Wildman–Crippen MR) is 126 cm³/mol. The molecule has 178 valence electrons. The molecular weight excluding hydrogens is 440 g/mol. The number of hydrogen-bond acceptors (Lipinski definition) is 7. The van der Waals surface area contributed by atoms with E-state index in [1.165, 1.54) is 10.4 Å². The summed E-state index contributed by atoms with van der Waals surface area (Å²) in [5, 5.41) is 1.06. The van der Waals surface area contributed by atoms with E-state index >= 15 is 0 Å². The zero-order chi connectivity index (χ0) is 23.0. The number of morpholine rings is 1. The fraction of sp³-hybridized carbons (Fsp3) is 0.625. The maximum Gasteiger partial charge on any atom is 0.219 e. The van der Waals surface area contributed by atoms with Gasteiger partial charge in [-0.25, -0.2) is 4.98 Å². The minimum absolute atomic E-state index is 0.0733. The Morgan fingerprint density at radius 1 is 1.18 bits per heavy atom. The highest BCUT2D eigenvalue weighted by Gasteiger charge is 2.42. The first-order valence-corrected chi connectivity index (χ1v) is 12.7. The van der Waals surface area contributed by atoms with Crippen molar-refractivity contribution in [1.82, 2.24) is 9.88 Å². The molecule has 2 fully saturated rings. The van der Waals surface area contributed by atoms with Crippen LogP contribution in [0.2, 0.25) is 0 Å². The van der Waals surface area contributed by atoms with Gasteiger partial charge < -0.3 is 20.9 Å². The SMILES string of the molecule is NC(=O)C[C@H]1CCc2sc3nccc(OC4CCC(CC(N)=O)(N5CCOCC5)CC4)c3c21. The summed E-state index contributed by atoms with van der Waals surface area (Å²) in [5.41, 5.74) is 12.2. The molecule has 0 bridgehead atoms. The third kappa shape index (κ3) is 4.46. The number of fused-ring (bicyclic) bond motifs is 3. The van der Waals surface area contributed by atoms with Gasteiger partial charge in [-0.15, -0.1) is 11.3 Å². The standard InChI is InChI=1S/C24H32N4O4S/c25-19(29)13-15-1-2-18-21(15)22-17(5-8-27-23(22)33-18)32-16-3-6-24(7-4-16,14-20(26)30)28-9-11-31-12-10-28/h5,8,15-16H,1-4,6-7,9-14H2,(H2,25,29)(H2,26,30)/t15-,16?,24?/m1/s1. The average Bonchev–Trinajstić information content (AvgIpc) is 3.35. The number of ether oxygens (including phenoxy) is 2. The van der Waals surface area contributed by atoms with E-state index in [1.807, 2.05) is 6.07 Å². The van der Waals surface area contributed by atoms with E-state index < -0.39 is 0 Å². The molecule has 33 heavy (non-hydrogen) atoms. The van der Waals surface area contributed by atoms with Gasteiger partial charge in [0, 0.05) is 42.5 Å². The Morgan fingerprint density at radius 3 is 2.64 bits per heavy atom. The third-order valence-electron chi connectivity index (χ3n) is 7.59. The summed E-state index contributed by atoms with van der Waals surface area (Å²) in [6, 6.07) is 1.95. The maximum absolute atomic E-state index is 11.9. The number of aryl methyl sites for hydroxylation is 1. The van der Waals surface area contributed by atoms with E-state index in [2.05, 4.69) is 9.88 Å². The minimum atomic E-state index is -0.264. The molecule has 1 saturated heterocycles. The minimum Gasteiger partial charge on any atom is -0.490 e. The number of nitrogens with zero attached hydrogens (tertiary/aromatic N) is 2. The average molecular weight is 473 g/mol. The van der Waals surface area contributed by atoms with Gasteiger partial charge in [0.15, 0.2) is 0 Å². The first-order chi connectivity index (χ1) is 15.9. The first kappa shape index (κ1) is 22.6. The number of primary amides is 2. The highest BCUT2D eigenvalue weighted by atomic mass is 32.1. The number of carbonyl (C=O) groups excluding carboxylic acids is 2. The molecule has 0 radical (unpaired) electrons. The Bertz CT molecular complexity index is 1040. The van der Waals surface area contributed by atoms with Gasteiger partial charge in [-0.2, -0.15) is 0 Å². The summed E-state index contributed by atoms with van der Waals surface area (Å²) < 4.78 is 12.1. The summed E-state index contributed by atoms with van der Waals surface area (Å²) in [6.07, 6.45) is 8.03. The van der Waals surface area contributed by atoms with Crippen LogP contribution in [0.4, 0.5) is 0 Å². The quantitative estimate of drug-likeness (QED) is 0.639. The van der Waals surface area contributed by atoms with Crippen LogP contribution >= 0.6 is 11.3 Å². The van der Waals surface area contributed by atoms with E-state index in [1.54, 1.807) is 17.5 Å². The molecule has 2 aromatic rings. The number of hydrogen-bond donors (Lipinski definition) is 2. The van der Waals surface area contributed by atoms with Gasteiger partial charge in [-0.1, -0.05) is 0 Å². The van der Waals surface area contributed by atoms with E-state index in [4.69, 9.17) is 20.9 Å². The predicted octanol–water partition coefficient (Wildman–Crippen LogP) is 2.47. The van der Waals surface area contributed by atoms with Gasteiger partial charge in [-0.3, -0.25) is 14.5 Å². The van der Waals surface area contributed by atoms with Crippen molar-refractivity contribution >= 4 is 33.4 Å². The number of pyridine rings is 1. The molecule has 1 aliphatic heterocycles. The van der Waals surface area contributed by atoms with Crippen LogP contribution in [0.1, 0.15) is 61.3 Å². The number of amides is 2. The third-order valence-corrected chi connectivity index (χ3v) is 8.76. The lowest BCUT2D eigenvalue weighted by Gasteiger charge is -2.48. The lowest BCUT2D eigenvalue weighted by Crippen LogP contribution is -2.57. The number of rotatable bonds is 7. The number of carbonyl (C=O) groups is 2. The molecule has 1 saturated carbocycles. The smallest absolute Gasteiger partial charge is 0.219 e. The lowest BCUT2D eigenvalue weighted by molar-refractivity contribution is -0.124. The van der Waals surface area contributed by atoms with Crippen LogP contribution in [0.15, 0.2) is 12.3 Å². The number of thiophene rings is 1. The van der Waals surface area contributed by atoms with Crippen LogP contribution in [-0.2, 0) is 20.7 Å². The molecule has 0 spiro atoms. The summed E-state index contributed by atoms with van der Waals surface area (Å²) in [5.74, 6) is 0.493. The lowest BCUT2D eigenvalue weighted by atomic mass is 9.76. The zero-order valence-electron chi connectivity index (χ0n) is 18.9. The summed E-state index contributed by atoms with van der Waals surface area (Å²) in [4.78, 5) is 32.8. The van der Waals surface area contributed by atoms with Crippen LogP contribution in [0.5, 0.6) is 5.75 Å². The monoisotopic (exact) mass is 472 g/mol. The summed E-state index contributed by atoms with van der Waals surface area (Å²) >= 11 is 1.71. The van der Waals surface area contributed by atoms with Gasteiger partial charge >= 0.3 is 0 Å². The Labute approximate surface area is 197 Å². The van der Waals surface area contributed by atoms with Crippen molar-refractivity contribution in [2.75, 3.05) is 26.3 Å². The first-order valence-electron chi connectivity index (χ1n) is 11.9. The second-order valence-electron chi connectivity index (χ2n) is 9.62. The van der Waals surface area contributed by atoms with Gasteiger partial charge in [0.2, 0.25) is 11.8 Å². The molecule has 0 unspecified atom stereocenters. The van der Waals surface area contributed by atoms with Crippen LogP contribution in [0.3, 0.4) is 0 Å². The Hall–Kier alpha value is -2.23. The molecular formula is C24H32N4O4S. The van der Waals surface area contributed by atoms with Gasteiger partial charge in [0.1, 0.15) is 10.6 Å². The maximum atomic E-state index is 11.9. The summed E-state index contributed by atoms with van der Waals surface area (Å²) in [7, 11) is 0. The topological polar surface area (TPSA) is 121 Å². The van der Waals surface area contributed by atoms with E-state index in [0.717, 1.165) is 67.6 Å². The van der Waals surface area contributed by atoms with Crippen LogP contribution in [-0.4, -0.2) is 59.6 Å².